The lowest BCUT2D eigenvalue weighted by Gasteiger charge is -2.22. The summed E-state index contributed by atoms with van der Waals surface area (Å²) >= 11 is 0. The van der Waals surface area contributed by atoms with Crippen LogP contribution in [0.3, 0.4) is 0 Å². The largest absolute Gasteiger partial charge is 0.462 e. The number of benzene rings is 1. The summed E-state index contributed by atoms with van der Waals surface area (Å²) in [6, 6.07) is 7.54. The molecule has 1 unspecified atom stereocenters. The SMILES string of the molecule is CCOC(=O)c1ccc(C2CCCCO2)cc1. The first-order chi connectivity index (χ1) is 8.31. The fourth-order valence-electron chi connectivity index (χ4n) is 2.05. The molecule has 1 heterocycles. The van der Waals surface area contributed by atoms with Gasteiger partial charge in [-0.3, -0.25) is 0 Å². The first-order valence-corrected chi connectivity index (χ1v) is 6.20. The van der Waals surface area contributed by atoms with Crippen molar-refractivity contribution in [3.8, 4) is 0 Å². The van der Waals surface area contributed by atoms with Gasteiger partial charge >= 0.3 is 5.97 Å². The highest BCUT2D eigenvalue weighted by Crippen LogP contribution is 2.27. The van der Waals surface area contributed by atoms with Gasteiger partial charge in [-0.25, -0.2) is 4.79 Å². The van der Waals surface area contributed by atoms with E-state index < -0.39 is 0 Å². The zero-order chi connectivity index (χ0) is 12.1. The number of carbonyl (C=O) groups is 1. The Labute approximate surface area is 102 Å². The molecule has 1 fully saturated rings. The van der Waals surface area contributed by atoms with Crippen LogP contribution in [-0.4, -0.2) is 19.2 Å². The second kappa shape index (κ2) is 5.82. The van der Waals surface area contributed by atoms with Crippen molar-refractivity contribution in [2.24, 2.45) is 0 Å². The van der Waals surface area contributed by atoms with Gasteiger partial charge in [0.1, 0.15) is 0 Å². The number of rotatable bonds is 3. The molecule has 1 saturated heterocycles. The molecule has 1 atom stereocenters. The summed E-state index contributed by atoms with van der Waals surface area (Å²) in [5.74, 6) is -0.261. The molecule has 2 rings (SSSR count). The zero-order valence-corrected chi connectivity index (χ0v) is 10.1. The van der Waals surface area contributed by atoms with Gasteiger partial charge in [-0.15, -0.1) is 0 Å². The van der Waals surface area contributed by atoms with Gasteiger partial charge < -0.3 is 9.47 Å². The number of carbonyl (C=O) groups excluding carboxylic acids is 1. The van der Waals surface area contributed by atoms with Gasteiger partial charge in [0.15, 0.2) is 0 Å². The van der Waals surface area contributed by atoms with Crippen molar-refractivity contribution in [3.05, 3.63) is 35.4 Å². The van der Waals surface area contributed by atoms with Gasteiger partial charge in [0.2, 0.25) is 0 Å². The van der Waals surface area contributed by atoms with Crippen molar-refractivity contribution >= 4 is 5.97 Å². The first kappa shape index (κ1) is 12.1. The van der Waals surface area contributed by atoms with Crippen molar-refractivity contribution in [1.82, 2.24) is 0 Å². The van der Waals surface area contributed by atoms with E-state index in [1.807, 2.05) is 31.2 Å². The molecule has 0 amide bonds. The molecule has 0 spiro atoms. The summed E-state index contributed by atoms with van der Waals surface area (Å²) in [6.07, 6.45) is 3.63. The molecule has 3 nitrogen and oxygen atoms in total. The molecule has 1 aromatic rings. The maximum Gasteiger partial charge on any atom is 0.338 e. The van der Waals surface area contributed by atoms with E-state index in [9.17, 15) is 4.79 Å². The van der Waals surface area contributed by atoms with Crippen LogP contribution in [0.25, 0.3) is 0 Å². The third kappa shape index (κ3) is 3.07. The standard InChI is InChI=1S/C14H18O3/c1-2-16-14(15)12-8-6-11(7-9-12)13-5-3-4-10-17-13/h6-9,13H,2-5,10H2,1H3. The molecular formula is C14H18O3. The van der Waals surface area contributed by atoms with Gasteiger partial charge in [0.05, 0.1) is 18.3 Å². The molecule has 1 aromatic carbocycles. The van der Waals surface area contributed by atoms with Gasteiger partial charge in [-0.1, -0.05) is 12.1 Å². The summed E-state index contributed by atoms with van der Waals surface area (Å²) in [7, 11) is 0. The Hall–Kier alpha value is -1.35. The highest BCUT2D eigenvalue weighted by molar-refractivity contribution is 5.89. The van der Waals surface area contributed by atoms with E-state index in [4.69, 9.17) is 9.47 Å². The fraction of sp³-hybridized carbons (Fsp3) is 0.500. The van der Waals surface area contributed by atoms with Crippen molar-refractivity contribution in [2.45, 2.75) is 32.3 Å². The second-order valence-electron chi connectivity index (χ2n) is 4.20. The third-order valence-corrected chi connectivity index (χ3v) is 2.97. The number of ether oxygens (including phenoxy) is 2. The second-order valence-corrected chi connectivity index (χ2v) is 4.20. The maximum absolute atomic E-state index is 11.5. The molecule has 3 heteroatoms. The maximum atomic E-state index is 11.5. The predicted octanol–water partition coefficient (Wildman–Crippen LogP) is 3.10. The third-order valence-electron chi connectivity index (χ3n) is 2.97. The molecule has 0 aliphatic carbocycles. The van der Waals surface area contributed by atoms with E-state index in [1.54, 1.807) is 0 Å². The van der Waals surface area contributed by atoms with Crippen molar-refractivity contribution in [2.75, 3.05) is 13.2 Å². The summed E-state index contributed by atoms with van der Waals surface area (Å²) in [5.41, 5.74) is 1.75. The summed E-state index contributed by atoms with van der Waals surface area (Å²) < 4.78 is 10.6. The molecule has 1 aliphatic heterocycles. The van der Waals surface area contributed by atoms with E-state index in [-0.39, 0.29) is 12.1 Å². The Bertz CT molecular complexity index is 364. The molecule has 17 heavy (non-hydrogen) atoms. The van der Waals surface area contributed by atoms with Crippen LogP contribution in [0, 0.1) is 0 Å². The molecule has 1 aliphatic rings. The smallest absolute Gasteiger partial charge is 0.338 e. The molecule has 0 N–H and O–H groups in total. The van der Waals surface area contributed by atoms with Gasteiger partial charge in [0.25, 0.3) is 0 Å². The van der Waals surface area contributed by atoms with Crippen molar-refractivity contribution in [3.63, 3.8) is 0 Å². The van der Waals surface area contributed by atoms with Crippen LogP contribution in [-0.2, 0) is 9.47 Å². The van der Waals surface area contributed by atoms with Crippen molar-refractivity contribution in [1.29, 1.82) is 0 Å². The fourth-order valence-corrected chi connectivity index (χ4v) is 2.05. The Morgan fingerprint density at radius 3 is 2.71 bits per heavy atom. The first-order valence-electron chi connectivity index (χ1n) is 6.20. The van der Waals surface area contributed by atoms with Crippen LogP contribution in [0.1, 0.15) is 48.2 Å². The Morgan fingerprint density at radius 2 is 2.12 bits per heavy atom. The van der Waals surface area contributed by atoms with E-state index in [2.05, 4.69) is 0 Å². The molecule has 0 bridgehead atoms. The lowest BCUT2D eigenvalue weighted by atomic mass is 10.0. The normalized spacial score (nSPS) is 19.9. The lowest BCUT2D eigenvalue weighted by Crippen LogP contribution is -2.12. The zero-order valence-electron chi connectivity index (χ0n) is 10.1. The minimum atomic E-state index is -0.261. The van der Waals surface area contributed by atoms with Crippen LogP contribution in [0.2, 0.25) is 0 Å². The van der Waals surface area contributed by atoms with Crippen LogP contribution < -0.4 is 0 Å². The summed E-state index contributed by atoms with van der Waals surface area (Å²) in [6.45, 7) is 3.05. The van der Waals surface area contributed by atoms with E-state index in [1.165, 1.54) is 6.42 Å². The number of hydrogen-bond donors (Lipinski definition) is 0. The number of esters is 1. The molecule has 0 saturated carbocycles. The molecule has 0 aromatic heterocycles. The molecule has 92 valence electrons. The minimum Gasteiger partial charge on any atom is -0.462 e. The highest BCUT2D eigenvalue weighted by Gasteiger charge is 2.16. The lowest BCUT2D eigenvalue weighted by molar-refractivity contribution is 0.0149. The van der Waals surface area contributed by atoms with E-state index in [0.29, 0.717) is 12.2 Å². The minimum absolute atomic E-state index is 0.194. The Kier molecular flexibility index (Phi) is 4.15. The van der Waals surface area contributed by atoms with Crippen molar-refractivity contribution < 1.29 is 14.3 Å². The van der Waals surface area contributed by atoms with E-state index >= 15 is 0 Å². The van der Waals surface area contributed by atoms with Gasteiger partial charge in [0, 0.05) is 6.61 Å². The summed E-state index contributed by atoms with van der Waals surface area (Å²) in [5, 5.41) is 0. The van der Waals surface area contributed by atoms with Gasteiger partial charge in [-0.05, 0) is 43.9 Å². The average Bonchev–Trinajstić information content (AvgIpc) is 2.40. The molecular weight excluding hydrogens is 216 g/mol. The van der Waals surface area contributed by atoms with Crippen LogP contribution in [0.5, 0.6) is 0 Å². The highest BCUT2D eigenvalue weighted by atomic mass is 16.5. The summed E-state index contributed by atoms with van der Waals surface area (Å²) in [4.78, 5) is 11.5. The van der Waals surface area contributed by atoms with Crippen LogP contribution in [0.15, 0.2) is 24.3 Å². The topological polar surface area (TPSA) is 35.5 Å². The van der Waals surface area contributed by atoms with E-state index in [0.717, 1.165) is 25.0 Å². The Morgan fingerprint density at radius 1 is 1.35 bits per heavy atom. The monoisotopic (exact) mass is 234 g/mol. The number of hydrogen-bond acceptors (Lipinski definition) is 3. The average molecular weight is 234 g/mol. The predicted molar refractivity (Wildman–Crippen MR) is 64.9 cm³/mol. The quantitative estimate of drug-likeness (QED) is 0.754. The van der Waals surface area contributed by atoms with Crippen LogP contribution >= 0.6 is 0 Å². The van der Waals surface area contributed by atoms with Gasteiger partial charge in [-0.2, -0.15) is 0 Å². The van der Waals surface area contributed by atoms with Crippen LogP contribution in [0.4, 0.5) is 0 Å². The Balaban J connectivity index is 2.04. The molecule has 0 radical (unpaired) electrons.